The maximum absolute atomic E-state index is 5.64. The number of nitrogens with zero attached hydrogens (tertiary/aromatic N) is 4. The second-order valence-corrected chi connectivity index (χ2v) is 4.42. The van der Waals surface area contributed by atoms with E-state index in [-0.39, 0.29) is 0 Å². The number of pyridine rings is 1. The number of aromatic nitrogens is 4. The third kappa shape index (κ3) is 1.35. The molecule has 3 heterocycles. The minimum atomic E-state index is 0.546. The average Bonchev–Trinajstić information content (AvgIpc) is 2.81. The third-order valence-corrected chi connectivity index (χ3v) is 3.15. The van der Waals surface area contributed by atoms with Crippen LogP contribution in [-0.2, 0) is 7.05 Å². The highest BCUT2D eigenvalue weighted by atomic mass is 32.1. The molecule has 5 nitrogen and oxygen atoms in total. The zero-order chi connectivity index (χ0) is 11.1. The van der Waals surface area contributed by atoms with Gasteiger partial charge in [0.25, 0.3) is 0 Å². The molecule has 0 saturated heterocycles. The van der Waals surface area contributed by atoms with Gasteiger partial charge in [-0.1, -0.05) is 11.3 Å². The van der Waals surface area contributed by atoms with Crippen LogP contribution in [0.2, 0.25) is 0 Å². The van der Waals surface area contributed by atoms with Crippen LogP contribution in [-0.4, -0.2) is 19.7 Å². The first kappa shape index (κ1) is 9.29. The standard InChI is InChI=1S/C10H9N5S/c1-15-8(4-5-12-15)6-2-3-7-9(13-6)16-10(11)14-7/h2-5H,1H3,(H2,11,14). The van der Waals surface area contributed by atoms with Crippen LogP contribution in [0.5, 0.6) is 0 Å². The Morgan fingerprint density at radius 2 is 2.12 bits per heavy atom. The summed E-state index contributed by atoms with van der Waals surface area (Å²) < 4.78 is 1.79. The number of nitrogens with two attached hydrogens (primary N) is 1. The van der Waals surface area contributed by atoms with Crippen molar-refractivity contribution in [1.82, 2.24) is 19.7 Å². The van der Waals surface area contributed by atoms with Gasteiger partial charge in [-0.05, 0) is 18.2 Å². The molecule has 0 bridgehead atoms. The second kappa shape index (κ2) is 3.28. The molecule has 0 atom stereocenters. The quantitative estimate of drug-likeness (QED) is 0.691. The summed E-state index contributed by atoms with van der Waals surface area (Å²) in [5.41, 5.74) is 8.35. The van der Waals surface area contributed by atoms with Crippen molar-refractivity contribution in [3.63, 3.8) is 0 Å². The number of fused-ring (bicyclic) bond motifs is 1. The van der Waals surface area contributed by atoms with Crippen molar-refractivity contribution in [1.29, 1.82) is 0 Å². The minimum Gasteiger partial charge on any atom is -0.375 e. The van der Waals surface area contributed by atoms with Crippen LogP contribution in [0.1, 0.15) is 0 Å². The van der Waals surface area contributed by atoms with Crippen LogP contribution in [0.25, 0.3) is 21.7 Å². The Hall–Kier alpha value is -1.95. The van der Waals surface area contributed by atoms with Gasteiger partial charge in [-0.25, -0.2) is 9.97 Å². The number of hydrogen-bond acceptors (Lipinski definition) is 5. The molecule has 80 valence electrons. The lowest BCUT2D eigenvalue weighted by Gasteiger charge is -2.00. The van der Waals surface area contributed by atoms with Gasteiger partial charge in [-0.3, -0.25) is 4.68 Å². The lowest BCUT2D eigenvalue weighted by molar-refractivity contribution is 0.774. The Morgan fingerprint density at radius 3 is 2.88 bits per heavy atom. The molecular weight excluding hydrogens is 222 g/mol. The van der Waals surface area contributed by atoms with Crippen molar-refractivity contribution < 1.29 is 0 Å². The first-order valence-electron chi connectivity index (χ1n) is 4.75. The van der Waals surface area contributed by atoms with E-state index in [1.54, 1.807) is 10.9 Å². The molecular formula is C10H9N5S. The molecule has 0 spiro atoms. The first-order chi connectivity index (χ1) is 7.74. The van der Waals surface area contributed by atoms with E-state index in [0.29, 0.717) is 5.13 Å². The van der Waals surface area contributed by atoms with Gasteiger partial charge < -0.3 is 5.73 Å². The van der Waals surface area contributed by atoms with Crippen molar-refractivity contribution in [2.75, 3.05) is 5.73 Å². The molecule has 0 aromatic carbocycles. The molecule has 3 aromatic rings. The predicted molar refractivity (Wildman–Crippen MR) is 64.0 cm³/mol. The fraction of sp³-hybridized carbons (Fsp3) is 0.100. The van der Waals surface area contributed by atoms with E-state index in [1.165, 1.54) is 11.3 Å². The molecule has 0 aliphatic carbocycles. The van der Waals surface area contributed by atoms with Gasteiger partial charge in [0.15, 0.2) is 5.13 Å². The fourth-order valence-corrected chi connectivity index (χ4v) is 2.31. The molecule has 3 rings (SSSR count). The topological polar surface area (TPSA) is 69.6 Å². The summed E-state index contributed by atoms with van der Waals surface area (Å²) in [6, 6.07) is 5.79. The highest BCUT2D eigenvalue weighted by Crippen LogP contribution is 2.25. The highest BCUT2D eigenvalue weighted by molar-refractivity contribution is 7.21. The Labute approximate surface area is 95.6 Å². The Kier molecular flexibility index (Phi) is 1.90. The van der Waals surface area contributed by atoms with Gasteiger partial charge in [0.1, 0.15) is 10.3 Å². The summed E-state index contributed by atoms with van der Waals surface area (Å²) >= 11 is 1.40. The molecule has 0 saturated carbocycles. The van der Waals surface area contributed by atoms with Crippen molar-refractivity contribution in [3.8, 4) is 11.4 Å². The molecule has 0 fully saturated rings. The summed E-state index contributed by atoms with van der Waals surface area (Å²) in [5.74, 6) is 0. The number of thiazole rings is 1. The summed E-state index contributed by atoms with van der Waals surface area (Å²) in [7, 11) is 1.89. The summed E-state index contributed by atoms with van der Waals surface area (Å²) in [4.78, 5) is 9.54. The molecule has 0 amide bonds. The SMILES string of the molecule is Cn1nccc1-c1ccc2nc(N)sc2n1. The minimum absolute atomic E-state index is 0.546. The molecule has 0 radical (unpaired) electrons. The van der Waals surface area contributed by atoms with Crippen LogP contribution >= 0.6 is 11.3 Å². The van der Waals surface area contributed by atoms with Crippen molar-refractivity contribution >= 4 is 26.8 Å². The van der Waals surface area contributed by atoms with Gasteiger partial charge in [0.05, 0.1) is 11.4 Å². The zero-order valence-electron chi connectivity index (χ0n) is 8.58. The Bertz CT molecular complexity index is 654. The molecule has 2 N–H and O–H groups in total. The zero-order valence-corrected chi connectivity index (χ0v) is 9.40. The smallest absolute Gasteiger partial charge is 0.182 e. The summed E-state index contributed by atoms with van der Waals surface area (Å²) in [5, 5.41) is 4.66. The maximum Gasteiger partial charge on any atom is 0.182 e. The van der Waals surface area contributed by atoms with Crippen LogP contribution in [0.15, 0.2) is 24.4 Å². The molecule has 0 aliphatic rings. The predicted octanol–water partition coefficient (Wildman–Crippen LogP) is 1.67. The maximum atomic E-state index is 5.64. The lowest BCUT2D eigenvalue weighted by atomic mass is 10.2. The molecule has 0 aliphatic heterocycles. The largest absolute Gasteiger partial charge is 0.375 e. The molecule has 0 unspecified atom stereocenters. The van der Waals surface area contributed by atoms with Crippen LogP contribution in [0.4, 0.5) is 5.13 Å². The van der Waals surface area contributed by atoms with Gasteiger partial charge in [0, 0.05) is 13.2 Å². The Balaban J connectivity index is 2.22. The second-order valence-electron chi connectivity index (χ2n) is 3.41. The van der Waals surface area contributed by atoms with Gasteiger partial charge in [-0.15, -0.1) is 0 Å². The number of nitrogen functional groups attached to an aromatic ring is 1. The Morgan fingerprint density at radius 1 is 1.25 bits per heavy atom. The summed E-state index contributed by atoms with van der Waals surface area (Å²) in [6.45, 7) is 0. The summed E-state index contributed by atoms with van der Waals surface area (Å²) in [6.07, 6.45) is 1.75. The van der Waals surface area contributed by atoms with Crippen molar-refractivity contribution in [2.45, 2.75) is 0 Å². The van der Waals surface area contributed by atoms with Gasteiger partial charge >= 0.3 is 0 Å². The van der Waals surface area contributed by atoms with E-state index >= 15 is 0 Å². The van der Waals surface area contributed by atoms with Crippen LogP contribution in [0.3, 0.4) is 0 Å². The van der Waals surface area contributed by atoms with Gasteiger partial charge in [0.2, 0.25) is 0 Å². The van der Waals surface area contributed by atoms with E-state index in [9.17, 15) is 0 Å². The van der Waals surface area contributed by atoms with Crippen LogP contribution in [0, 0.1) is 0 Å². The number of hydrogen-bond donors (Lipinski definition) is 1. The molecule has 6 heteroatoms. The van der Waals surface area contributed by atoms with Crippen molar-refractivity contribution in [2.24, 2.45) is 7.05 Å². The van der Waals surface area contributed by atoms with E-state index in [4.69, 9.17) is 5.73 Å². The van der Waals surface area contributed by atoms with Gasteiger partial charge in [-0.2, -0.15) is 5.10 Å². The number of aryl methyl sites for hydroxylation is 1. The van der Waals surface area contributed by atoms with Crippen molar-refractivity contribution in [3.05, 3.63) is 24.4 Å². The number of rotatable bonds is 1. The van der Waals surface area contributed by atoms with Crippen LogP contribution < -0.4 is 5.73 Å². The molecule has 16 heavy (non-hydrogen) atoms. The highest BCUT2D eigenvalue weighted by Gasteiger charge is 2.07. The number of anilines is 1. The van der Waals surface area contributed by atoms with E-state index < -0.39 is 0 Å². The monoisotopic (exact) mass is 231 g/mol. The van der Waals surface area contributed by atoms with E-state index in [1.807, 2.05) is 25.2 Å². The van der Waals surface area contributed by atoms with E-state index in [2.05, 4.69) is 15.1 Å². The third-order valence-electron chi connectivity index (χ3n) is 2.36. The average molecular weight is 231 g/mol. The van der Waals surface area contributed by atoms with E-state index in [0.717, 1.165) is 21.7 Å². The molecule has 3 aromatic heterocycles. The first-order valence-corrected chi connectivity index (χ1v) is 5.57. The lowest BCUT2D eigenvalue weighted by Crippen LogP contribution is -1.94. The normalized spacial score (nSPS) is 11.1. The fourth-order valence-electron chi connectivity index (χ4n) is 1.60.